The number of benzene rings is 1. The fourth-order valence-corrected chi connectivity index (χ4v) is 3.26. The summed E-state index contributed by atoms with van der Waals surface area (Å²) >= 11 is 0. The van der Waals surface area contributed by atoms with Crippen molar-refractivity contribution in [1.29, 1.82) is 0 Å². The maximum atomic E-state index is 10.9. The molecule has 1 aliphatic carbocycles. The van der Waals surface area contributed by atoms with Crippen LogP contribution in [-0.4, -0.2) is 34.9 Å². The zero-order valence-electron chi connectivity index (χ0n) is 13.9. The molecular weight excluding hydrogens is 294 g/mol. The maximum absolute atomic E-state index is 10.9. The molecule has 126 valence electrons. The SMILES string of the molecule is CC(C)(C)c1ccc2c(c1)OC[C@H](N[C@H]1C[C@H](C(=O)O)C1)[C@@H]2O. The summed E-state index contributed by atoms with van der Waals surface area (Å²) in [6.07, 6.45) is 0.611. The Morgan fingerprint density at radius 3 is 2.61 bits per heavy atom. The number of rotatable bonds is 3. The van der Waals surface area contributed by atoms with E-state index < -0.39 is 12.1 Å². The second-order valence-corrected chi connectivity index (χ2v) is 7.74. The molecule has 0 saturated heterocycles. The summed E-state index contributed by atoms with van der Waals surface area (Å²) in [5.41, 5.74) is 2.02. The van der Waals surface area contributed by atoms with E-state index in [0.29, 0.717) is 19.4 Å². The van der Waals surface area contributed by atoms with E-state index in [1.807, 2.05) is 18.2 Å². The average molecular weight is 319 g/mol. The summed E-state index contributed by atoms with van der Waals surface area (Å²) in [5, 5.41) is 22.9. The second-order valence-electron chi connectivity index (χ2n) is 7.74. The summed E-state index contributed by atoms with van der Waals surface area (Å²) in [6, 6.07) is 5.95. The summed E-state index contributed by atoms with van der Waals surface area (Å²) in [4.78, 5) is 10.9. The lowest BCUT2D eigenvalue weighted by atomic mass is 9.79. The van der Waals surface area contributed by atoms with Crippen LogP contribution in [0.25, 0.3) is 0 Å². The number of aliphatic hydroxyl groups is 1. The van der Waals surface area contributed by atoms with Gasteiger partial charge in [0.05, 0.1) is 12.0 Å². The molecule has 0 bridgehead atoms. The Morgan fingerprint density at radius 1 is 1.30 bits per heavy atom. The van der Waals surface area contributed by atoms with Crippen molar-refractivity contribution in [2.45, 2.75) is 57.2 Å². The first-order valence-electron chi connectivity index (χ1n) is 8.20. The van der Waals surface area contributed by atoms with Gasteiger partial charge in [-0.25, -0.2) is 0 Å². The second kappa shape index (κ2) is 5.80. The van der Waals surface area contributed by atoms with E-state index >= 15 is 0 Å². The van der Waals surface area contributed by atoms with Gasteiger partial charge in [-0.1, -0.05) is 32.9 Å². The molecule has 5 nitrogen and oxygen atoms in total. The number of fused-ring (bicyclic) bond motifs is 1. The van der Waals surface area contributed by atoms with Crippen LogP contribution in [0.15, 0.2) is 18.2 Å². The van der Waals surface area contributed by atoms with Crippen molar-refractivity contribution in [3.05, 3.63) is 29.3 Å². The van der Waals surface area contributed by atoms with Gasteiger partial charge in [0.2, 0.25) is 0 Å². The Morgan fingerprint density at radius 2 is 2.00 bits per heavy atom. The smallest absolute Gasteiger partial charge is 0.306 e. The van der Waals surface area contributed by atoms with Crippen molar-refractivity contribution < 1.29 is 19.7 Å². The van der Waals surface area contributed by atoms with Crippen molar-refractivity contribution >= 4 is 5.97 Å². The van der Waals surface area contributed by atoms with Crippen LogP contribution in [0.4, 0.5) is 0 Å². The van der Waals surface area contributed by atoms with Crippen LogP contribution in [0, 0.1) is 5.92 Å². The Balaban J connectivity index is 1.67. The van der Waals surface area contributed by atoms with Crippen molar-refractivity contribution in [2.24, 2.45) is 5.92 Å². The number of ether oxygens (including phenoxy) is 1. The first kappa shape index (κ1) is 16.3. The van der Waals surface area contributed by atoms with Crippen LogP contribution in [0.2, 0.25) is 0 Å². The van der Waals surface area contributed by atoms with Crippen molar-refractivity contribution in [3.63, 3.8) is 0 Å². The number of aliphatic carboxylic acids is 1. The molecule has 1 heterocycles. The number of hydrogen-bond acceptors (Lipinski definition) is 4. The molecule has 1 aromatic carbocycles. The third kappa shape index (κ3) is 3.21. The van der Waals surface area contributed by atoms with Gasteiger partial charge in [0.1, 0.15) is 18.5 Å². The lowest BCUT2D eigenvalue weighted by molar-refractivity contribution is -0.145. The van der Waals surface area contributed by atoms with Crippen molar-refractivity contribution in [1.82, 2.24) is 5.32 Å². The Kier molecular flexibility index (Phi) is 4.10. The number of nitrogens with one attached hydrogen (secondary N) is 1. The first-order valence-corrected chi connectivity index (χ1v) is 8.20. The van der Waals surface area contributed by atoms with E-state index in [9.17, 15) is 9.90 Å². The van der Waals surface area contributed by atoms with Crippen LogP contribution in [-0.2, 0) is 10.2 Å². The quantitative estimate of drug-likeness (QED) is 0.796. The van der Waals surface area contributed by atoms with Crippen LogP contribution >= 0.6 is 0 Å². The van der Waals surface area contributed by atoms with Gasteiger partial charge in [-0.05, 0) is 29.9 Å². The number of carboxylic acids is 1. The molecule has 5 heteroatoms. The van der Waals surface area contributed by atoms with Crippen LogP contribution in [0.3, 0.4) is 0 Å². The fraction of sp³-hybridized carbons (Fsp3) is 0.611. The molecule has 2 atom stereocenters. The van der Waals surface area contributed by atoms with Crippen molar-refractivity contribution in [2.75, 3.05) is 6.61 Å². The van der Waals surface area contributed by atoms with Gasteiger partial charge >= 0.3 is 5.97 Å². The average Bonchev–Trinajstić information content (AvgIpc) is 2.42. The van der Waals surface area contributed by atoms with E-state index in [0.717, 1.165) is 11.3 Å². The number of aliphatic hydroxyl groups excluding tert-OH is 1. The molecular formula is C18H25NO4. The Labute approximate surface area is 136 Å². The highest BCUT2D eigenvalue weighted by Crippen LogP contribution is 2.37. The summed E-state index contributed by atoms with van der Waals surface area (Å²) < 4.78 is 5.85. The minimum absolute atomic E-state index is 0.0379. The molecule has 0 spiro atoms. The van der Waals surface area contributed by atoms with E-state index in [-0.39, 0.29) is 23.4 Å². The van der Waals surface area contributed by atoms with Crippen LogP contribution < -0.4 is 10.1 Å². The molecule has 1 fully saturated rings. The molecule has 23 heavy (non-hydrogen) atoms. The highest BCUT2D eigenvalue weighted by atomic mass is 16.5. The first-order chi connectivity index (χ1) is 10.8. The number of hydrogen-bond donors (Lipinski definition) is 3. The van der Waals surface area contributed by atoms with Gasteiger partial charge in [-0.3, -0.25) is 4.79 Å². The minimum atomic E-state index is -0.733. The van der Waals surface area contributed by atoms with E-state index in [4.69, 9.17) is 9.84 Å². The normalized spacial score (nSPS) is 30.1. The molecule has 3 N–H and O–H groups in total. The molecule has 0 aromatic heterocycles. The number of carboxylic acid groups (broad SMARTS) is 1. The molecule has 1 saturated carbocycles. The van der Waals surface area contributed by atoms with E-state index in [1.54, 1.807) is 0 Å². The minimum Gasteiger partial charge on any atom is -0.491 e. The third-order valence-electron chi connectivity index (χ3n) is 4.93. The van der Waals surface area contributed by atoms with Crippen molar-refractivity contribution in [3.8, 4) is 5.75 Å². The molecule has 0 unspecified atom stereocenters. The Hall–Kier alpha value is -1.59. The summed E-state index contributed by atoms with van der Waals surface area (Å²) in [6.45, 7) is 6.84. The third-order valence-corrected chi connectivity index (χ3v) is 4.93. The van der Waals surface area contributed by atoms with Gasteiger partial charge in [0.25, 0.3) is 0 Å². The lowest BCUT2D eigenvalue weighted by Gasteiger charge is -2.39. The predicted octanol–water partition coefficient (Wildman–Crippen LogP) is 2.23. The molecule has 1 aliphatic heterocycles. The monoisotopic (exact) mass is 319 g/mol. The van der Waals surface area contributed by atoms with Gasteiger partial charge in [-0.15, -0.1) is 0 Å². The van der Waals surface area contributed by atoms with E-state index in [1.165, 1.54) is 5.56 Å². The predicted molar refractivity (Wildman–Crippen MR) is 86.7 cm³/mol. The highest BCUT2D eigenvalue weighted by Gasteiger charge is 2.38. The molecule has 0 radical (unpaired) electrons. The zero-order valence-corrected chi connectivity index (χ0v) is 13.9. The highest BCUT2D eigenvalue weighted by molar-refractivity contribution is 5.71. The Bertz CT molecular complexity index is 602. The zero-order chi connectivity index (χ0) is 16.8. The largest absolute Gasteiger partial charge is 0.491 e. The van der Waals surface area contributed by atoms with E-state index in [2.05, 4.69) is 26.1 Å². The standard InChI is InChI=1S/C18H25NO4/c1-18(2,3)11-4-5-13-15(8-11)23-9-14(16(13)20)19-12-6-10(7-12)17(21)22/h4-5,8,10,12,14,16,19-20H,6-7,9H2,1-3H3,(H,21,22)/t10-,12-,14-,16+/m0/s1. The van der Waals surface area contributed by atoms with Gasteiger partial charge in [0.15, 0.2) is 0 Å². The van der Waals surface area contributed by atoms with Gasteiger partial charge in [-0.2, -0.15) is 0 Å². The van der Waals surface area contributed by atoms with Crippen LogP contribution in [0.5, 0.6) is 5.75 Å². The summed E-state index contributed by atoms with van der Waals surface area (Å²) in [7, 11) is 0. The fourth-order valence-electron chi connectivity index (χ4n) is 3.26. The lowest BCUT2D eigenvalue weighted by Crippen LogP contribution is -2.53. The molecule has 0 amide bonds. The van der Waals surface area contributed by atoms with Gasteiger partial charge < -0.3 is 20.3 Å². The maximum Gasteiger partial charge on any atom is 0.306 e. The van der Waals surface area contributed by atoms with Gasteiger partial charge in [0, 0.05) is 11.6 Å². The topological polar surface area (TPSA) is 78.8 Å². The summed E-state index contributed by atoms with van der Waals surface area (Å²) in [5.74, 6) is -0.237. The van der Waals surface area contributed by atoms with Crippen LogP contribution in [0.1, 0.15) is 50.8 Å². The molecule has 3 rings (SSSR count). The molecule has 1 aromatic rings. The number of carbonyl (C=O) groups is 1. The molecule has 2 aliphatic rings.